The summed E-state index contributed by atoms with van der Waals surface area (Å²) in [4.78, 5) is 28.5. The molecule has 0 N–H and O–H groups in total. The second kappa shape index (κ2) is 7.56. The third kappa shape index (κ3) is 3.50. The molecular formula is C20H27N5O. The molecule has 2 fully saturated rings. The number of rotatable bonds is 4. The van der Waals surface area contributed by atoms with E-state index in [0.717, 1.165) is 62.4 Å². The Morgan fingerprint density at radius 3 is 2.65 bits per heavy atom. The van der Waals surface area contributed by atoms with Crippen molar-refractivity contribution in [3.63, 3.8) is 0 Å². The standard InChI is InChI=1S/C20H27N5O/c1-24-12-10-23-19(24)18-17(21-8-9-22-18)13-15-5-4-11-25(14-15)20(26)16-6-2-3-7-16/h8-10,12,15-16H,2-7,11,13-14H2,1H3/t15-/m0/s1. The van der Waals surface area contributed by atoms with Gasteiger partial charge in [-0.15, -0.1) is 0 Å². The van der Waals surface area contributed by atoms with E-state index in [1.54, 1.807) is 18.6 Å². The summed E-state index contributed by atoms with van der Waals surface area (Å²) in [5, 5.41) is 0. The van der Waals surface area contributed by atoms with Crippen molar-refractivity contribution in [3.8, 4) is 11.5 Å². The highest BCUT2D eigenvalue weighted by Crippen LogP contribution is 2.30. The van der Waals surface area contributed by atoms with Crippen molar-refractivity contribution in [2.24, 2.45) is 18.9 Å². The first-order chi connectivity index (χ1) is 12.7. The van der Waals surface area contributed by atoms with E-state index in [0.29, 0.717) is 11.8 Å². The number of imidazole rings is 1. The van der Waals surface area contributed by atoms with E-state index >= 15 is 0 Å². The van der Waals surface area contributed by atoms with Gasteiger partial charge in [-0.05, 0) is 38.0 Å². The van der Waals surface area contributed by atoms with Gasteiger partial charge in [0.2, 0.25) is 5.91 Å². The van der Waals surface area contributed by atoms with Gasteiger partial charge in [-0.1, -0.05) is 12.8 Å². The zero-order valence-corrected chi connectivity index (χ0v) is 15.5. The molecule has 1 saturated heterocycles. The molecule has 4 rings (SSSR count). The number of nitrogens with zero attached hydrogens (tertiary/aromatic N) is 5. The Balaban J connectivity index is 1.47. The molecule has 2 aromatic rings. The van der Waals surface area contributed by atoms with E-state index in [1.807, 2.05) is 17.8 Å². The largest absolute Gasteiger partial charge is 0.342 e. The van der Waals surface area contributed by atoms with Crippen molar-refractivity contribution in [2.45, 2.75) is 44.9 Å². The lowest BCUT2D eigenvalue weighted by Gasteiger charge is -2.34. The fourth-order valence-electron chi connectivity index (χ4n) is 4.43. The first kappa shape index (κ1) is 17.2. The van der Waals surface area contributed by atoms with Crippen molar-refractivity contribution in [3.05, 3.63) is 30.5 Å². The molecule has 1 aliphatic heterocycles. The quantitative estimate of drug-likeness (QED) is 0.848. The van der Waals surface area contributed by atoms with E-state index in [1.165, 1.54) is 12.8 Å². The van der Waals surface area contributed by atoms with Gasteiger partial charge < -0.3 is 9.47 Å². The van der Waals surface area contributed by atoms with Gasteiger partial charge in [0.05, 0.1) is 5.69 Å². The minimum atomic E-state index is 0.272. The summed E-state index contributed by atoms with van der Waals surface area (Å²) in [5.41, 5.74) is 1.85. The number of piperidine rings is 1. The summed E-state index contributed by atoms with van der Waals surface area (Å²) in [7, 11) is 1.98. The predicted octanol–water partition coefficient (Wildman–Crippen LogP) is 2.85. The van der Waals surface area contributed by atoms with Crippen LogP contribution in [0.3, 0.4) is 0 Å². The summed E-state index contributed by atoms with van der Waals surface area (Å²) in [5.74, 6) is 1.96. The highest BCUT2D eigenvalue weighted by Gasteiger charge is 2.31. The SMILES string of the molecule is Cn1ccnc1-c1nccnc1C[C@@H]1CCCN(C(=O)C2CCCC2)C1. The number of hydrogen-bond acceptors (Lipinski definition) is 4. The minimum Gasteiger partial charge on any atom is -0.342 e. The fraction of sp³-hybridized carbons (Fsp3) is 0.600. The van der Waals surface area contributed by atoms with Crippen molar-refractivity contribution >= 4 is 5.91 Å². The second-order valence-corrected chi connectivity index (χ2v) is 7.69. The number of aromatic nitrogens is 4. The van der Waals surface area contributed by atoms with Crippen LogP contribution in [0, 0.1) is 11.8 Å². The Hall–Kier alpha value is -2.24. The smallest absolute Gasteiger partial charge is 0.225 e. The number of hydrogen-bond donors (Lipinski definition) is 0. The van der Waals surface area contributed by atoms with Gasteiger partial charge in [-0.25, -0.2) is 9.97 Å². The van der Waals surface area contributed by atoms with Crippen LogP contribution in [-0.4, -0.2) is 43.4 Å². The lowest BCUT2D eigenvalue weighted by atomic mass is 9.91. The number of amides is 1. The first-order valence-electron chi connectivity index (χ1n) is 9.78. The fourth-order valence-corrected chi connectivity index (χ4v) is 4.43. The molecule has 0 radical (unpaired) electrons. The molecule has 1 saturated carbocycles. The van der Waals surface area contributed by atoms with E-state index in [9.17, 15) is 4.79 Å². The number of carbonyl (C=O) groups excluding carboxylic acids is 1. The van der Waals surface area contributed by atoms with Crippen LogP contribution in [0.15, 0.2) is 24.8 Å². The molecule has 6 heteroatoms. The summed E-state index contributed by atoms with van der Waals surface area (Å²) >= 11 is 0. The Bertz CT molecular complexity index is 765. The molecule has 2 aliphatic rings. The van der Waals surface area contributed by atoms with E-state index in [-0.39, 0.29) is 5.92 Å². The zero-order valence-electron chi connectivity index (χ0n) is 15.5. The molecule has 0 aromatic carbocycles. The van der Waals surface area contributed by atoms with Crippen molar-refractivity contribution in [2.75, 3.05) is 13.1 Å². The van der Waals surface area contributed by atoms with E-state index in [2.05, 4.69) is 19.9 Å². The summed E-state index contributed by atoms with van der Waals surface area (Å²) in [6.45, 7) is 1.77. The molecule has 0 spiro atoms. The average molecular weight is 353 g/mol. The minimum absolute atomic E-state index is 0.272. The molecular weight excluding hydrogens is 326 g/mol. The molecule has 2 aromatic heterocycles. The Kier molecular flexibility index (Phi) is 5.00. The van der Waals surface area contributed by atoms with Crippen LogP contribution in [0.2, 0.25) is 0 Å². The Morgan fingerprint density at radius 2 is 1.88 bits per heavy atom. The van der Waals surface area contributed by atoms with Gasteiger partial charge in [-0.3, -0.25) is 9.78 Å². The zero-order chi connectivity index (χ0) is 17.9. The maximum absolute atomic E-state index is 12.8. The lowest BCUT2D eigenvalue weighted by molar-refractivity contribution is -0.137. The van der Waals surface area contributed by atoms with Crippen molar-refractivity contribution in [1.29, 1.82) is 0 Å². The maximum Gasteiger partial charge on any atom is 0.225 e. The van der Waals surface area contributed by atoms with Crippen molar-refractivity contribution < 1.29 is 4.79 Å². The Labute approximate surface area is 154 Å². The third-order valence-electron chi connectivity index (χ3n) is 5.82. The van der Waals surface area contributed by atoms with Gasteiger partial charge in [0.25, 0.3) is 0 Å². The van der Waals surface area contributed by atoms with Gasteiger partial charge in [0.1, 0.15) is 5.69 Å². The van der Waals surface area contributed by atoms with Crippen LogP contribution >= 0.6 is 0 Å². The van der Waals surface area contributed by atoms with Gasteiger partial charge in [0, 0.05) is 50.8 Å². The number of carbonyl (C=O) groups is 1. The van der Waals surface area contributed by atoms with Crippen LogP contribution in [0.4, 0.5) is 0 Å². The molecule has 1 amide bonds. The normalized spacial score (nSPS) is 21.3. The Morgan fingerprint density at radius 1 is 1.08 bits per heavy atom. The monoisotopic (exact) mass is 353 g/mol. The van der Waals surface area contributed by atoms with E-state index in [4.69, 9.17) is 0 Å². The highest BCUT2D eigenvalue weighted by atomic mass is 16.2. The van der Waals surface area contributed by atoms with Gasteiger partial charge in [-0.2, -0.15) is 0 Å². The molecule has 138 valence electrons. The van der Waals surface area contributed by atoms with Crippen LogP contribution in [0.25, 0.3) is 11.5 Å². The van der Waals surface area contributed by atoms with Gasteiger partial charge in [0.15, 0.2) is 5.82 Å². The second-order valence-electron chi connectivity index (χ2n) is 7.69. The molecule has 0 unspecified atom stereocenters. The van der Waals surface area contributed by atoms with Crippen LogP contribution in [-0.2, 0) is 18.3 Å². The maximum atomic E-state index is 12.8. The van der Waals surface area contributed by atoms with Crippen LogP contribution in [0.5, 0.6) is 0 Å². The molecule has 6 nitrogen and oxygen atoms in total. The van der Waals surface area contributed by atoms with Crippen LogP contribution < -0.4 is 0 Å². The van der Waals surface area contributed by atoms with Crippen molar-refractivity contribution in [1.82, 2.24) is 24.4 Å². The number of aryl methyl sites for hydroxylation is 1. The third-order valence-corrected chi connectivity index (χ3v) is 5.82. The first-order valence-corrected chi connectivity index (χ1v) is 9.78. The van der Waals surface area contributed by atoms with Crippen LogP contribution in [0.1, 0.15) is 44.2 Å². The molecule has 1 atom stereocenters. The molecule has 0 bridgehead atoms. The summed E-state index contributed by atoms with van der Waals surface area (Å²) < 4.78 is 1.98. The lowest BCUT2D eigenvalue weighted by Crippen LogP contribution is -2.43. The molecule has 1 aliphatic carbocycles. The van der Waals surface area contributed by atoms with E-state index < -0.39 is 0 Å². The highest BCUT2D eigenvalue weighted by molar-refractivity contribution is 5.79. The molecule has 26 heavy (non-hydrogen) atoms. The molecule has 3 heterocycles. The average Bonchev–Trinajstić information content (AvgIpc) is 3.34. The summed E-state index contributed by atoms with van der Waals surface area (Å²) in [6, 6.07) is 0. The predicted molar refractivity (Wildman–Crippen MR) is 99.2 cm³/mol. The van der Waals surface area contributed by atoms with Gasteiger partial charge >= 0.3 is 0 Å². The number of likely N-dealkylation sites (tertiary alicyclic amines) is 1. The summed E-state index contributed by atoms with van der Waals surface area (Å²) in [6.07, 6.45) is 14.8. The topological polar surface area (TPSA) is 63.9 Å².